The molecule has 0 radical (unpaired) electrons. The second-order valence-corrected chi connectivity index (χ2v) is 12.9. The quantitative estimate of drug-likeness (QED) is 0.0962. The van der Waals surface area contributed by atoms with Crippen LogP contribution >= 0.6 is 0 Å². The lowest BCUT2D eigenvalue weighted by molar-refractivity contribution is -0.882. The Bertz CT molecular complexity index is 470. The maximum absolute atomic E-state index is 12.3. The van der Waals surface area contributed by atoms with Crippen molar-refractivity contribution in [2.45, 2.75) is 135 Å². The predicted octanol–water partition coefficient (Wildman–Crippen LogP) is 7.71. The van der Waals surface area contributed by atoms with Gasteiger partial charge in [-0.2, -0.15) is 0 Å². The number of likely N-dealkylation sites (N-methyl/N-ethyl adjacent to an activating group) is 1. The summed E-state index contributed by atoms with van der Waals surface area (Å²) in [4.78, 5) is 12.3. The van der Waals surface area contributed by atoms with Crippen LogP contribution in [0.1, 0.15) is 135 Å². The van der Waals surface area contributed by atoms with Gasteiger partial charge in [0.25, 0.3) is 5.91 Å². The van der Waals surface area contributed by atoms with Gasteiger partial charge in [0, 0.05) is 6.54 Å². The van der Waals surface area contributed by atoms with Crippen molar-refractivity contribution in [3.8, 4) is 0 Å². The van der Waals surface area contributed by atoms with E-state index in [9.17, 15) is 4.79 Å². The van der Waals surface area contributed by atoms with Crippen LogP contribution in [0.4, 0.5) is 0 Å². The number of amides is 1. The summed E-state index contributed by atoms with van der Waals surface area (Å²) in [5, 5.41) is 3.14. The van der Waals surface area contributed by atoms with Gasteiger partial charge in [0.1, 0.15) is 0 Å². The lowest BCUT2D eigenvalue weighted by atomic mass is 10.0. The molecule has 0 rings (SSSR count). The number of quaternary nitrogens is 2. The Morgan fingerprint density at radius 2 is 0.886 bits per heavy atom. The fraction of sp³-hybridized carbons (Fsp3) is 0.968. The lowest BCUT2D eigenvalue weighted by Crippen LogP contribution is -2.48. The van der Waals surface area contributed by atoms with Crippen molar-refractivity contribution in [2.75, 3.05) is 61.4 Å². The summed E-state index contributed by atoms with van der Waals surface area (Å²) in [6.45, 7) is 6.08. The molecule has 1 N–H and O–H groups in total. The molecular weight excluding hydrogens is 430 g/mol. The molecule has 0 spiro atoms. The van der Waals surface area contributed by atoms with E-state index in [-0.39, 0.29) is 5.91 Å². The summed E-state index contributed by atoms with van der Waals surface area (Å²) < 4.78 is 1.86. The van der Waals surface area contributed by atoms with E-state index in [1.54, 1.807) is 0 Å². The van der Waals surface area contributed by atoms with Crippen molar-refractivity contribution in [1.82, 2.24) is 5.32 Å². The van der Waals surface area contributed by atoms with Crippen molar-refractivity contribution < 1.29 is 13.8 Å². The Kier molecular flexibility index (Phi) is 22.2. The Hall–Kier alpha value is -0.610. The van der Waals surface area contributed by atoms with Gasteiger partial charge in [-0.3, -0.25) is 4.79 Å². The molecule has 0 atom stereocenters. The molecule has 0 aromatic carbocycles. The van der Waals surface area contributed by atoms with Crippen molar-refractivity contribution in [2.24, 2.45) is 0 Å². The summed E-state index contributed by atoms with van der Waals surface area (Å²) in [5.41, 5.74) is 0. The molecule has 0 saturated heterocycles. The molecule has 0 aliphatic carbocycles. The van der Waals surface area contributed by atoms with Crippen LogP contribution in [0.2, 0.25) is 0 Å². The molecule has 0 bridgehead atoms. The second kappa shape index (κ2) is 22.6. The minimum Gasteiger partial charge on any atom is -0.351 e. The van der Waals surface area contributed by atoms with E-state index in [0.29, 0.717) is 6.54 Å². The van der Waals surface area contributed by atoms with Crippen molar-refractivity contribution >= 4 is 5.91 Å². The predicted molar refractivity (Wildman–Crippen MR) is 156 cm³/mol. The molecule has 0 unspecified atom stereocenters. The fourth-order valence-corrected chi connectivity index (χ4v) is 4.90. The molecule has 0 aliphatic heterocycles. The molecule has 210 valence electrons. The average molecular weight is 498 g/mol. The van der Waals surface area contributed by atoms with Gasteiger partial charge < -0.3 is 14.3 Å². The zero-order chi connectivity index (χ0) is 26.3. The minimum absolute atomic E-state index is 0.220. The Balaban J connectivity index is 3.46. The number of hydrogen-bond donors (Lipinski definition) is 1. The number of carbonyl (C=O) groups is 1. The Labute approximate surface area is 221 Å². The summed E-state index contributed by atoms with van der Waals surface area (Å²) in [6, 6.07) is 0. The fourth-order valence-electron chi connectivity index (χ4n) is 4.90. The monoisotopic (exact) mass is 498 g/mol. The van der Waals surface area contributed by atoms with Gasteiger partial charge in [-0.25, -0.2) is 0 Å². The van der Waals surface area contributed by atoms with Gasteiger partial charge in [-0.1, -0.05) is 103 Å². The molecule has 0 heterocycles. The van der Waals surface area contributed by atoms with Gasteiger partial charge in [-0.15, -0.1) is 0 Å². The van der Waals surface area contributed by atoms with E-state index in [0.717, 1.165) is 28.5 Å². The molecule has 35 heavy (non-hydrogen) atoms. The van der Waals surface area contributed by atoms with Gasteiger partial charge in [0.05, 0.1) is 48.3 Å². The molecule has 1 amide bonds. The molecule has 0 aliphatic rings. The highest BCUT2D eigenvalue weighted by Gasteiger charge is 2.19. The first-order chi connectivity index (χ1) is 16.7. The number of carbonyl (C=O) groups excluding carboxylic acids is 1. The van der Waals surface area contributed by atoms with Crippen LogP contribution in [-0.2, 0) is 4.79 Å². The molecule has 0 saturated carbocycles. The molecular formula is C31H67N3O+2. The van der Waals surface area contributed by atoms with Gasteiger partial charge in [0.2, 0.25) is 0 Å². The van der Waals surface area contributed by atoms with E-state index in [2.05, 4.69) is 47.5 Å². The van der Waals surface area contributed by atoms with E-state index < -0.39 is 0 Å². The summed E-state index contributed by atoms with van der Waals surface area (Å²) in [6.07, 6.45) is 27.4. The Morgan fingerprint density at radius 3 is 1.31 bits per heavy atom. The van der Waals surface area contributed by atoms with Crippen LogP contribution in [0.3, 0.4) is 0 Å². The van der Waals surface area contributed by atoms with Crippen LogP contribution in [0.25, 0.3) is 0 Å². The topological polar surface area (TPSA) is 29.1 Å². The van der Waals surface area contributed by atoms with Crippen LogP contribution in [0.15, 0.2) is 0 Å². The maximum atomic E-state index is 12.3. The van der Waals surface area contributed by atoms with Crippen LogP contribution in [0.5, 0.6) is 0 Å². The minimum atomic E-state index is 0.220. The van der Waals surface area contributed by atoms with Gasteiger partial charge >= 0.3 is 0 Å². The first kappa shape index (κ1) is 34.4. The van der Waals surface area contributed by atoms with E-state index >= 15 is 0 Å². The lowest BCUT2D eigenvalue weighted by Gasteiger charge is -2.29. The molecule has 4 nitrogen and oxygen atoms in total. The highest BCUT2D eigenvalue weighted by atomic mass is 16.2. The number of rotatable bonds is 26. The van der Waals surface area contributed by atoms with Crippen molar-refractivity contribution in [3.05, 3.63) is 0 Å². The summed E-state index contributed by atoms with van der Waals surface area (Å²) in [5.74, 6) is 0.220. The van der Waals surface area contributed by atoms with Crippen LogP contribution < -0.4 is 5.32 Å². The molecule has 0 aromatic rings. The molecule has 4 heteroatoms. The zero-order valence-corrected chi connectivity index (χ0v) is 25.3. The van der Waals surface area contributed by atoms with E-state index in [1.807, 2.05) is 0 Å². The summed E-state index contributed by atoms with van der Waals surface area (Å²) >= 11 is 0. The van der Waals surface area contributed by atoms with Gasteiger partial charge in [-0.05, 0) is 32.1 Å². The van der Waals surface area contributed by atoms with Crippen LogP contribution in [0, 0.1) is 0 Å². The SMILES string of the molecule is CCCCCCCCCCCCCCCCCC[N+](C)(C)CC(=O)NCCCCCC[N+](C)(C)C. The number of hydrogen-bond acceptors (Lipinski definition) is 1. The van der Waals surface area contributed by atoms with Crippen LogP contribution in [-0.4, -0.2) is 76.3 Å². The average Bonchev–Trinajstić information content (AvgIpc) is 2.77. The van der Waals surface area contributed by atoms with Crippen molar-refractivity contribution in [1.29, 1.82) is 0 Å². The van der Waals surface area contributed by atoms with E-state index in [1.165, 1.54) is 129 Å². The van der Waals surface area contributed by atoms with E-state index in [4.69, 9.17) is 0 Å². The normalized spacial score (nSPS) is 12.3. The second-order valence-electron chi connectivity index (χ2n) is 12.9. The highest BCUT2D eigenvalue weighted by Crippen LogP contribution is 2.14. The summed E-state index contributed by atoms with van der Waals surface area (Å²) in [7, 11) is 11.2. The third-order valence-electron chi connectivity index (χ3n) is 7.27. The smallest absolute Gasteiger partial charge is 0.275 e. The van der Waals surface area contributed by atoms with Gasteiger partial charge in [0.15, 0.2) is 6.54 Å². The first-order valence-corrected chi connectivity index (χ1v) is 15.6. The maximum Gasteiger partial charge on any atom is 0.275 e. The number of unbranched alkanes of at least 4 members (excludes halogenated alkanes) is 18. The zero-order valence-electron chi connectivity index (χ0n) is 25.3. The standard InChI is InChI=1S/C31H66N3O/c1-7-8-9-10-11-12-13-14-15-16-17-18-19-20-22-26-29-34(5,6)30-31(35)32-27-24-21-23-25-28-33(2,3)4/h7-30H2,1-6H3/q+1/p+1. The molecule has 0 fully saturated rings. The third-order valence-corrected chi connectivity index (χ3v) is 7.27. The first-order valence-electron chi connectivity index (χ1n) is 15.6. The molecule has 0 aromatic heterocycles. The third kappa shape index (κ3) is 27.8. The number of nitrogens with one attached hydrogen (secondary N) is 1. The number of nitrogens with zero attached hydrogens (tertiary/aromatic N) is 2. The van der Waals surface area contributed by atoms with Crippen molar-refractivity contribution in [3.63, 3.8) is 0 Å². The largest absolute Gasteiger partial charge is 0.351 e. The highest BCUT2D eigenvalue weighted by molar-refractivity contribution is 5.76. The Morgan fingerprint density at radius 1 is 0.514 bits per heavy atom.